The molecule has 4 rings (SSSR count). The third-order valence-electron chi connectivity index (χ3n) is 4.94. The number of carbonyl (C=O) groups is 1. The van der Waals surface area contributed by atoms with E-state index in [-0.39, 0.29) is 5.91 Å². The molecule has 2 heterocycles. The zero-order valence-electron chi connectivity index (χ0n) is 14.4. The smallest absolute Gasteiger partial charge is 0.253 e. The molecule has 1 aliphatic heterocycles. The van der Waals surface area contributed by atoms with Crippen molar-refractivity contribution in [3.8, 4) is 11.3 Å². The van der Waals surface area contributed by atoms with Gasteiger partial charge in [0, 0.05) is 36.7 Å². The van der Waals surface area contributed by atoms with Crippen LogP contribution in [0, 0.1) is 6.92 Å². The Morgan fingerprint density at radius 3 is 2.64 bits per heavy atom. The molecule has 0 unspecified atom stereocenters. The molecule has 1 atom stereocenters. The molecule has 1 amide bonds. The number of hydrogen-bond donors (Lipinski definition) is 1. The molecular weight excluding hydrogens is 314 g/mol. The summed E-state index contributed by atoms with van der Waals surface area (Å²) in [4.78, 5) is 14.2. The minimum absolute atomic E-state index is 0.0230. The number of rotatable bonds is 2. The monoisotopic (exact) mass is 335 g/mol. The number of hydrogen-bond acceptors (Lipinski definition) is 3. The van der Waals surface area contributed by atoms with Gasteiger partial charge in [-0.05, 0) is 37.1 Å². The van der Waals surface area contributed by atoms with Crippen LogP contribution >= 0.6 is 0 Å². The molecule has 0 aliphatic carbocycles. The summed E-state index contributed by atoms with van der Waals surface area (Å²) in [7, 11) is 1.95. The summed E-state index contributed by atoms with van der Waals surface area (Å²) < 4.78 is 1.89. The second-order valence-electron chi connectivity index (χ2n) is 6.71. The number of benzene rings is 2. The Morgan fingerprint density at radius 2 is 1.96 bits per heavy atom. The first-order valence-corrected chi connectivity index (χ1v) is 8.54. The molecule has 2 aromatic carbocycles. The number of β-amino-alcohol motifs (C(OH)–C–C–N with tert-alkyl or cyclic N) is 1. The van der Waals surface area contributed by atoms with Crippen LogP contribution in [0.3, 0.4) is 0 Å². The zero-order chi connectivity index (χ0) is 17.6. The second-order valence-corrected chi connectivity index (χ2v) is 6.71. The van der Waals surface area contributed by atoms with Gasteiger partial charge in [0.1, 0.15) is 5.69 Å². The number of carbonyl (C=O) groups excluding carboxylic acids is 1. The maximum Gasteiger partial charge on any atom is 0.253 e. The van der Waals surface area contributed by atoms with Gasteiger partial charge in [-0.25, -0.2) is 0 Å². The van der Waals surface area contributed by atoms with Crippen molar-refractivity contribution in [3.05, 3.63) is 53.6 Å². The first kappa shape index (κ1) is 15.8. The number of fused-ring (bicyclic) bond motifs is 1. The van der Waals surface area contributed by atoms with E-state index < -0.39 is 6.10 Å². The molecule has 0 saturated carbocycles. The van der Waals surface area contributed by atoms with Crippen LogP contribution in [0.5, 0.6) is 0 Å². The Labute approximate surface area is 146 Å². The van der Waals surface area contributed by atoms with Crippen molar-refractivity contribution in [2.75, 3.05) is 13.1 Å². The highest BCUT2D eigenvalue weighted by molar-refractivity contribution is 5.98. The van der Waals surface area contributed by atoms with Crippen LogP contribution in [0.4, 0.5) is 0 Å². The summed E-state index contributed by atoms with van der Waals surface area (Å²) in [5.41, 5.74) is 4.87. The van der Waals surface area contributed by atoms with Gasteiger partial charge >= 0.3 is 0 Å². The molecule has 0 spiro atoms. The fraction of sp³-hybridized carbons (Fsp3) is 0.300. The highest BCUT2D eigenvalue weighted by Gasteiger charge is 2.25. The van der Waals surface area contributed by atoms with E-state index in [2.05, 4.69) is 24.2 Å². The molecule has 128 valence electrons. The summed E-state index contributed by atoms with van der Waals surface area (Å²) in [6.45, 7) is 3.13. The minimum atomic E-state index is -0.397. The highest BCUT2D eigenvalue weighted by Crippen LogP contribution is 2.30. The maximum atomic E-state index is 12.5. The third-order valence-corrected chi connectivity index (χ3v) is 4.94. The lowest BCUT2D eigenvalue weighted by atomic mass is 10.0. The van der Waals surface area contributed by atoms with E-state index >= 15 is 0 Å². The highest BCUT2D eigenvalue weighted by atomic mass is 16.3. The Balaban J connectivity index is 1.68. The Bertz CT molecular complexity index is 943. The van der Waals surface area contributed by atoms with E-state index in [1.54, 1.807) is 4.90 Å². The molecule has 1 aromatic heterocycles. The number of aryl methyl sites for hydroxylation is 2. The first-order chi connectivity index (χ1) is 12.0. The fourth-order valence-corrected chi connectivity index (χ4v) is 3.57. The van der Waals surface area contributed by atoms with Gasteiger partial charge < -0.3 is 10.0 Å². The standard InChI is InChI=1S/C20H21N3O2/c1-13-4-3-5-17-18(13)19(21-22(17)2)14-6-8-15(9-7-14)20(25)23-11-10-16(24)12-23/h3-9,16,24H,10-12H2,1-2H3/t16-/m1/s1. The molecule has 25 heavy (non-hydrogen) atoms. The number of aliphatic hydroxyl groups is 1. The molecule has 0 bridgehead atoms. The number of amides is 1. The van der Waals surface area contributed by atoms with E-state index in [1.807, 2.05) is 42.1 Å². The molecule has 5 heteroatoms. The van der Waals surface area contributed by atoms with Crippen molar-refractivity contribution in [1.29, 1.82) is 0 Å². The third kappa shape index (κ3) is 2.70. The molecular formula is C20H21N3O2. The largest absolute Gasteiger partial charge is 0.391 e. The molecule has 5 nitrogen and oxygen atoms in total. The number of aliphatic hydroxyl groups excluding tert-OH is 1. The van der Waals surface area contributed by atoms with E-state index in [0.717, 1.165) is 22.2 Å². The predicted molar refractivity (Wildman–Crippen MR) is 97.4 cm³/mol. The van der Waals surface area contributed by atoms with Crippen molar-refractivity contribution in [2.45, 2.75) is 19.4 Å². The lowest BCUT2D eigenvalue weighted by molar-refractivity contribution is 0.0765. The predicted octanol–water partition coefficient (Wildman–Crippen LogP) is 2.76. The van der Waals surface area contributed by atoms with Gasteiger partial charge in [-0.2, -0.15) is 5.10 Å². The Kier molecular flexibility index (Phi) is 3.81. The van der Waals surface area contributed by atoms with Crippen molar-refractivity contribution in [2.24, 2.45) is 7.05 Å². The van der Waals surface area contributed by atoms with Crippen LogP contribution in [0.25, 0.3) is 22.2 Å². The van der Waals surface area contributed by atoms with Crippen LogP contribution in [0.1, 0.15) is 22.3 Å². The summed E-state index contributed by atoms with van der Waals surface area (Å²) >= 11 is 0. The summed E-state index contributed by atoms with van der Waals surface area (Å²) in [5, 5.41) is 15.4. The van der Waals surface area contributed by atoms with Crippen molar-refractivity contribution in [3.63, 3.8) is 0 Å². The minimum Gasteiger partial charge on any atom is -0.391 e. The van der Waals surface area contributed by atoms with E-state index in [9.17, 15) is 9.90 Å². The van der Waals surface area contributed by atoms with Crippen molar-refractivity contribution < 1.29 is 9.90 Å². The number of nitrogens with zero attached hydrogens (tertiary/aromatic N) is 3. The number of likely N-dealkylation sites (tertiary alicyclic amines) is 1. The van der Waals surface area contributed by atoms with Gasteiger partial charge in [0.15, 0.2) is 0 Å². The fourth-order valence-electron chi connectivity index (χ4n) is 3.57. The number of aromatic nitrogens is 2. The molecule has 1 aliphatic rings. The normalized spacial score (nSPS) is 17.4. The van der Waals surface area contributed by atoms with Gasteiger partial charge in [0.25, 0.3) is 5.91 Å². The molecule has 1 saturated heterocycles. The zero-order valence-corrected chi connectivity index (χ0v) is 14.4. The quantitative estimate of drug-likeness (QED) is 0.783. The summed E-state index contributed by atoms with van der Waals surface area (Å²) in [6, 6.07) is 13.8. The molecule has 1 fully saturated rings. The topological polar surface area (TPSA) is 58.4 Å². The van der Waals surface area contributed by atoms with Crippen LogP contribution in [-0.2, 0) is 7.05 Å². The molecule has 1 N–H and O–H groups in total. The van der Waals surface area contributed by atoms with E-state index in [4.69, 9.17) is 0 Å². The van der Waals surface area contributed by atoms with Crippen molar-refractivity contribution >= 4 is 16.8 Å². The van der Waals surface area contributed by atoms with Gasteiger partial charge in [0.05, 0.1) is 11.6 Å². The maximum absolute atomic E-state index is 12.5. The van der Waals surface area contributed by atoms with Gasteiger partial charge in [0.2, 0.25) is 0 Å². The van der Waals surface area contributed by atoms with E-state index in [0.29, 0.717) is 25.1 Å². The Morgan fingerprint density at radius 1 is 1.20 bits per heavy atom. The van der Waals surface area contributed by atoms with Gasteiger partial charge in [-0.15, -0.1) is 0 Å². The lowest BCUT2D eigenvalue weighted by Crippen LogP contribution is -2.29. The molecule has 0 radical (unpaired) electrons. The average molecular weight is 335 g/mol. The SMILES string of the molecule is Cc1cccc2c1c(-c1ccc(C(=O)N3CC[C@@H](O)C3)cc1)nn2C. The summed E-state index contributed by atoms with van der Waals surface area (Å²) in [5.74, 6) is -0.0230. The van der Waals surface area contributed by atoms with Crippen LogP contribution in [-0.4, -0.2) is 44.9 Å². The van der Waals surface area contributed by atoms with Crippen LogP contribution < -0.4 is 0 Å². The molecule has 3 aromatic rings. The lowest BCUT2D eigenvalue weighted by Gasteiger charge is -2.15. The van der Waals surface area contributed by atoms with Gasteiger partial charge in [-0.3, -0.25) is 9.48 Å². The van der Waals surface area contributed by atoms with Crippen LogP contribution in [0.15, 0.2) is 42.5 Å². The van der Waals surface area contributed by atoms with Crippen LogP contribution in [0.2, 0.25) is 0 Å². The van der Waals surface area contributed by atoms with Crippen molar-refractivity contribution in [1.82, 2.24) is 14.7 Å². The Hall–Kier alpha value is -2.66. The second kappa shape index (κ2) is 6.01. The first-order valence-electron chi connectivity index (χ1n) is 8.54. The average Bonchev–Trinajstić information content (AvgIpc) is 3.19. The van der Waals surface area contributed by atoms with E-state index in [1.165, 1.54) is 5.56 Å². The summed E-state index contributed by atoms with van der Waals surface area (Å²) in [6.07, 6.45) is 0.259. The van der Waals surface area contributed by atoms with Gasteiger partial charge in [-0.1, -0.05) is 24.3 Å².